The van der Waals surface area contributed by atoms with Gasteiger partial charge in [-0.1, -0.05) is 25.1 Å². The van der Waals surface area contributed by atoms with E-state index in [9.17, 15) is 0 Å². The summed E-state index contributed by atoms with van der Waals surface area (Å²) in [6, 6.07) is 6.30. The van der Waals surface area contributed by atoms with Crippen LogP contribution in [0.15, 0.2) is 22.7 Å². The van der Waals surface area contributed by atoms with E-state index in [0.29, 0.717) is 31.6 Å². The number of hydrogen-bond donors (Lipinski definition) is 1. The highest BCUT2D eigenvalue weighted by Crippen LogP contribution is 2.30. The predicted molar refractivity (Wildman–Crippen MR) is 73.1 cm³/mol. The molecule has 1 aromatic carbocycles. The lowest BCUT2D eigenvalue weighted by molar-refractivity contribution is 0.171. The van der Waals surface area contributed by atoms with Gasteiger partial charge < -0.3 is 19.3 Å². The molecule has 106 valence electrons. The van der Waals surface area contributed by atoms with Gasteiger partial charge in [0.1, 0.15) is 13.2 Å². The van der Waals surface area contributed by atoms with Crippen LogP contribution < -0.4 is 14.8 Å². The summed E-state index contributed by atoms with van der Waals surface area (Å²) in [5, 5.41) is 7.01. The minimum Gasteiger partial charge on any atom is -0.486 e. The Hall–Kier alpha value is -2.24. The second-order valence-electron chi connectivity index (χ2n) is 4.94. The molecule has 0 saturated heterocycles. The summed E-state index contributed by atoms with van der Waals surface area (Å²) in [6.07, 6.45) is 0. The molecule has 6 nitrogen and oxygen atoms in total. The Balaban J connectivity index is 1.65. The number of nitrogens with one attached hydrogen (secondary N) is 1. The normalized spacial score (nSPS) is 13.6. The first-order chi connectivity index (χ1) is 9.72. The van der Waals surface area contributed by atoms with Crippen LogP contribution in [-0.4, -0.2) is 23.4 Å². The number of aromatic nitrogens is 2. The molecule has 2 heterocycles. The van der Waals surface area contributed by atoms with E-state index < -0.39 is 0 Å². The maximum atomic E-state index is 5.55. The van der Waals surface area contributed by atoms with Gasteiger partial charge in [0.25, 0.3) is 0 Å². The monoisotopic (exact) mass is 275 g/mol. The lowest BCUT2D eigenvalue weighted by Crippen LogP contribution is -2.15. The van der Waals surface area contributed by atoms with E-state index in [2.05, 4.69) is 15.5 Å². The van der Waals surface area contributed by atoms with E-state index in [4.69, 9.17) is 14.0 Å². The molecule has 0 unspecified atom stereocenters. The van der Waals surface area contributed by atoms with Crippen molar-refractivity contribution in [2.75, 3.05) is 18.5 Å². The molecular weight excluding hydrogens is 258 g/mol. The van der Waals surface area contributed by atoms with Crippen molar-refractivity contribution >= 4 is 6.01 Å². The molecule has 6 heteroatoms. The summed E-state index contributed by atoms with van der Waals surface area (Å²) in [5.74, 6) is 2.53. The van der Waals surface area contributed by atoms with Gasteiger partial charge in [0.2, 0.25) is 0 Å². The van der Waals surface area contributed by atoms with Crippen LogP contribution >= 0.6 is 0 Å². The third-order valence-corrected chi connectivity index (χ3v) is 3.01. The zero-order valence-corrected chi connectivity index (χ0v) is 11.5. The van der Waals surface area contributed by atoms with Crippen LogP contribution in [0.5, 0.6) is 11.5 Å². The van der Waals surface area contributed by atoms with Crippen molar-refractivity contribution in [2.24, 2.45) is 0 Å². The molecule has 1 aromatic heterocycles. The largest absolute Gasteiger partial charge is 0.486 e. The Morgan fingerprint density at radius 3 is 2.75 bits per heavy atom. The maximum absolute atomic E-state index is 5.55. The topological polar surface area (TPSA) is 69.4 Å². The fourth-order valence-corrected chi connectivity index (χ4v) is 1.92. The molecule has 1 N–H and O–H groups in total. The molecular formula is C14H17N3O3. The van der Waals surface area contributed by atoms with Crippen LogP contribution in [0.25, 0.3) is 0 Å². The maximum Gasteiger partial charge on any atom is 0.321 e. The van der Waals surface area contributed by atoms with Crippen molar-refractivity contribution in [3.63, 3.8) is 0 Å². The first-order valence-corrected chi connectivity index (χ1v) is 6.68. The SMILES string of the molecule is CC(C)c1noc(NCc2ccc3c(c2)OCCO3)n1. The minimum atomic E-state index is 0.253. The number of fused-ring (bicyclic) bond motifs is 1. The van der Waals surface area contributed by atoms with Crippen LogP contribution in [-0.2, 0) is 6.54 Å². The van der Waals surface area contributed by atoms with E-state index in [1.165, 1.54) is 0 Å². The fourth-order valence-electron chi connectivity index (χ4n) is 1.92. The quantitative estimate of drug-likeness (QED) is 0.924. The van der Waals surface area contributed by atoms with Gasteiger partial charge in [-0.25, -0.2) is 0 Å². The van der Waals surface area contributed by atoms with E-state index in [1.807, 2.05) is 32.0 Å². The minimum absolute atomic E-state index is 0.253. The third-order valence-electron chi connectivity index (χ3n) is 3.01. The van der Waals surface area contributed by atoms with Gasteiger partial charge in [-0.2, -0.15) is 4.98 Å². The van der Waals surface area contributed by atoms with E-state index in [-0.39, 0.29) is 5.92 Å². The zero-order valence-electron chi connectivity index (χ0n) is 11.5. The first kappa shape index (κ1) is 12.8. The Morgan fingerprint density at radius 1 is 1.20 bits per heavy atom. The standard InChI is InChI=1S/C14H17N3O3/c1-9(2)13-16-14(20-17-13)15-8-10-3-4-11-12(7-10)19-6-5-18-11/h3-4,7,9H,5-6,8H2,1-2H3,(H,15,16,17). The average molecular weight is 275 g/mol. The van der Waals surface area contributed by atoms with Gasteiger partial charge >= 0.3 is 6.01 Å². The Labute approximate surface area is 117 Å². The fraction of sp³-hybridized carbons (Fsp3) is 0.429. The Morgan fingerprint density at radius 2 is 2.00 bits per heavy atom. The van der Waals surface area contributed by atoms with Crippen LogP contribution in [0.4, 0.5) is 6.01 Å². The molecule has 1 aliphatic heterocycles. The van der Waals surface area contributed by atoms with Crippen molar-refractivity contribution in [1.82, 2.24) is 10.1 Å². The number of anilines is 1. The van der Waals surface area contributed by atoms with Crippen molar-refractivity contribution in [3.8, 4) is 11.5 Å². The number of nitrogens with zero attached hydrogens (tertiary/aromatic N) is 2. The van der Waals surface area contributed by atoms with E-state index in [0.717, 1.165) is 17.1 Å². The molecule has 0 saturated carbocycles. The van der Waals surface area contributed by atoms with Crippen molar-refractivity contribution in [3.05, 3.63) is 29.6 Å². The highest BCUT2D eigenvalue weighted by Gasteiger charge is 2.12. The summed E-state index contributed by atoms with van der Waals surface area (Å²) in [4.78, 5) is 4.27. The number of benzene rings is 1. The van der Waals surface area contributed by atoms with E-state index >= 15 is 0 Å². The number of ether oxygens (including phenoxy) is 2. The van der Waals surface area contributed by atoms with Gasteiger partial charge in [0, 0.05) is 12.5 Å². The van der Waals surface area contributed by atoms with Crippen LogP contribution in [0.2, 0.25) is 0 Å². The highest BCUT2D eigenvalue weighted by atomic mass is 16.6. The van der Waals surface area contributed by atoms with Gasteiger partial charge in [-0.05, 0) is 17.7 Å². The predicted octanol–water partition coefficient (Wildman–Crippen LogP) is 2.58. The van der Waals surface area contributed by atoms with Crippen LogP contribution in [0, 0.1) is 0 Å². The molecule has 2 aromatic rings. The summed E-state index contributed by atoms with van der Waals surface area (Å²) in [5.41, 5.74) is 1.07. The lowest BCUT2D eigenvalue weighted by atomic mass is 10.2. The van der Waals surface area contributed by atoms with Gasteiger partial charge in [-0.3, -0.25) is 0 Å². The zero-order chi connectivity index (χ0) is 13.9. The third kappa shape index (κ3) is 2.68. The second-order valence-corrected chi connectivity index (χ2v) is 4.94. The highest BCUT2D eigenvalue weighted by molar-refractivity contribution is 5.44. The molecule has 20 heavy (non-hydrogen) atoms. The first-order valence-electron chi connectivity index (χ1n) is 6.68. The molecule has 0 spiro atoms. The average Bonchev–Trinajstić information content (AvgIpc) is 2.94. The van der Waals surface area contributed by atoms with Crippen molar-refractivity contribution in [1.29, 1.82) is 0 Å². The second kappa shape index (κ2) is 5.40. The molecule has 0 amide bonds. The smallest absolute Gasteiger partial charge is 0.321 e. The van der Waals surface area contributed by atoms with Gasteiger partial charge in [0.05, 0.1) is 0 Å². The van der Waals surface area contributed by atoms with Crippen molar-refractivity contribution in [2.45, 2.75) is 26.3 Å². The summed E-state index contributed by atoms with van der Waals surface area (Å²) in [7, 11) is 0. The molecule has 0 aliphatic carbocycles. The molecule has 0 bridgehead atoms. The van der Waals surface area contributed by atoms with Gasteiger partial charge in [-0.15, -0.1) is 0 Å². The summed E-state index contributed by atoms with van der Waals surface area (Å²) in [6.45, 7) is 5.83. The van der Waals surface area contributed by atoms with Crippen LogP contribution in [0.1, 0.15) is 31.2 Å². The molecule has 0 atom stereocenters. The van der Waals surface area contributed by atoms with Crippen LogP contribution in [0.3, 0.4) is 0 Å². The van der Waals surface area contributed by atoms with E-state index in [1.54, 1.807) is 0 Å². The number of hydrogen-bond acceptors (Lipinski definition) is 6. The Kier molecular flexibility index (Phi) is 3.45. The van der Waals surface area contributed by atoms with Crippen molar-refractivity contribution < 1.29 is 14.0 Å². The van der Waals surface area contributed by atoms with Gasteiger partial charge in [0.15, 0.2) is 17.3 Å². The molecule has 0 fully saturated rings. The molecule has 3 rings (SSSR count). The lowest BCUT2D eigenvalue weighted by Gasteiger charge is -2.18. The summed E-state index contributed by atoms with van der Waals surface area (Å²) < 4.78 is 16.2. The Bertz CT molecular complexity index is 595. The number of rotatable bonds is 4. The summed E-state index contributed by atoms with van der Waals surface area (Å²) >= 11 is 0. The molecule has 0 radical (unpaired) electrons. The molecule has 1 aliphatic rings.